The van der Waals surface area contributed by atoms with Crippen molar-refractivity contribution >= 4 is 11.6 Å². The highest BCUT2D eigenvalue weighted by Crippen LogP contribution is 2.18. The van der Waals surface area contributed by atoms with Crippen molar-refractivity contribution in [3.8, 4) is 11.4 Å². The van der Waals surface area contributed by atoms with Gasteiger partial charge in [0, 0.05) is 5.69 Å². The van der Waals surface area contributed by atoms with Crippen LogP contribution in [0.25, 0.3) is 5.69 Å². The van der Waals surface area contributed by atoms with Crippen LogP contribution in [0.4, 0.5) is 10.1 Å². The molecule has 3 rings (SSSR count). The second-order valence-corrected chi connectivity index (χ2v) is 5.56. The zero-order valence-corrected chi connectivity index (χ0v) is 14.2. The predicted octanol–water partition coefficient (Wildman–Crippen LogP) is 2.94. The SMILES string of the molecule is COc1cc(=O)n(-c2ccccc2C)nc1C(=O)Nc1ccc(F)cc1. The number of aromatic nitrogens is 2. The second kappa shape index (κ2) is 7.18. The lowest BCUT2D eigenvalue weighted by Gasteiger charge is -2.12. The molecule has 0 saturated heterocycles. The van der Waals surface area contributed by atoms with Crippen LogP contribution >= 0.6 is 0 Å². The molecule has 2 aromatic carbocycles. The van der Waals surface area contributed by atoms with Crippen molar-refractivity contribution in [2.45, 2.75) is 6.92 Å². The second-order valence-electron chi connectivity index (χ2n) is 5.56. The smallest absolute Gasteiger partial charge is 0.279 e. The Morgan fingerprint density at radius 3 is 2.50 bits per heavy atom. The number of nitrogens with zero attached hydrogens (tertiary/aromatic N) is 2. The van der Waals surface area contributed by atoms with Crippen molar-refractivity contribution in [1.82, 2.24) is 9.78 Å². The minimum absolute atomic E-state index is 0.0550. The minimum atomic E-state index is -0.573. The van der Waals surface area contributed by atoms with Crippen LogP contribution in [-0.2, 0) is 0 Å². The molecule has 7 heteroatoms. The normalized spacial score (nSPS) is 10.4. The summed E-state index contributed by atoms with van der Waals surface area (Å²) in [6, 6.07) is 13.7. The van der Waals surface area contributed by atoms with E-state index >= 15 is 0 Å². The summed E-state index contributed by atoms with van der Waals surface area (Å²) in [6.07, 6.45) is 0. The van der Waals surface area contributed by atoms with Crippen molar-refractivity contribution in [3.05, 3.63) is 82.0 Å². The number of rotatable bonds is 4. The van der Waals surface area contributed by atoms with Gasteiger partial charge in [-0.25, -0.2) is 4.39 Å². The molecule has 0 saturated carbocycles. The van der Waals surface area contributed by atoms with Gasteiger partial charge in [0.1, 0.15) is 5.82 Å². The number of carbonyl (C=O) groups excluding carboxylic acids is 1. The molecule has 1 heterocycles. The molecule has 26 heavy (non-hydrogen) atoms. The maximum atomic E-state index is 13.0. The zero-order valence-electron chi connectivity index (χ0n) is 14.2. The summed E-state index contributed by atoms with van der Waals surface area (Å²) in [5, 5.41) is 6.79. The van der Waals surface area contributed by atoms with Crippen LogP contribution in [0.2, 0.25) is 0 Å². The number of benzene rings is 2. The van der Waals surface area contributed by atoms with Gasteiger partial charge in [-0.2, -0.15) is 9.78 Å². The third-order valence-electron chi connectivity index (χ3n) is 3.78. The number of para-hydroxylation sites is 1. The highest BCUT2D eigenvalue weighted by Gasteiger charge is 2.18. The Hall–Kier alpha value is -3.48. The van der Waals surface area contributed by atoms with Gasteiger partial charge in [0.2, 0.25) is 0 Å². The van der Waals surface area contributed by atoms with E-state index in [0.29, 0.717) is 11.4 Å². The quantitative estimate of drug-likeness (QED) is 0.783. The van der Waals surface area contributed by atoms with E-state index in [0.717, 1.165) is 10.2 Å². The number of hydrogen-bond acceptors (Lipinski definition) is 4. The average molecular weight is 353 g/mol. The first-order valence-electron chi connectivity index (χ1n) is 7.81. The van der Waals surface area contributed by atoms with E-state index in [9.17, 15) is 14.0 Å². The summed E-state index contributed by atoms with van der Waals surface area (Å²) in [4.78, 5) is 25.0. The maximum Gasteiger partial charge on any atom is 0.279 e. The number of carbonyl (C=O) groups is 1. The Bertz CT molecular complexity index is 1010. The fraction of sp³-hybridized carbons (Fsp3) is 0.105. The fourth-order valence-corrected chi connectivity index (χ4v) is 2.45. The highest BCUT2D eigenvalue weighted by atomic mass is 19.1. The van der Waals surface area contributed by atoms with Gasteiger partial charge < -0.3 is 10.1 Å². The Kier molecular flexibility index (Phi) is 4.79. The lowest BCUT2D eigenvalue weighted by Crippen LogP contribution is -2.26. The van der Waals surface area contributed by atoms with Crippen LogP contribution in [0.1, 0.15) is 16.1 Å². The van der Waals surface area contributed by atoms with E-state index in [1.165, 1.54) is 37.4 Å². The Morgan fingerprint density at radius 2 is 1.85 bits per heavy atom. The standard InChI is InChI=1S/C19H16FN3O3/c1-12-5-3-4-6-15(12)23-17(24)11-16(26-2)18(22-23)19(25)21-14-9-7-13(20)8-10-14/h3-11H,1-2H3,(H,21,25). The largest absolute Gasteiger partial charge is 0.494 e. The van der Waals surface area contributed by atoms with E-state index in [4.69, 9.17) is 4.74 Å². The highest BCUT2D eigenvalue weighted by molar-refractivity contribution is 6.04. The number of amides is 1. The minimum Gasteiger partial charge on any atom is -0.494 e. The molecule has 0 aliphatic rings. The molecular weight excluding hydrogens is 337 g/mol. The van der Waals surface area contributed by atoms with Crippen molar-refractivity contribution in [2.24, 2.45) is 0 Å². The van der Waals surface area contributed by atoms with Gasteiger partial charge in [0.05, 0.1) is 18.9 Å². The summed E-state index contributed by atoms with van der Waals surface area (Å²) < 4.78 is 19.3. The Labute approximate surface area is 148 Å². The number of ether oxygens (including phenoxy) is 1. The van der Waals surface area contributed by atoms with Crippen LogP contribution in [0.15, 0.2) is 59.4 Å². The first kappa shape index (κ1) is 17.3. The molecule has 0 bridgehead atoms. The lowest BCUT2D eigenvalue weighted by atomic mass is 10.2. The Balaban J connectivity index is 2.04. The van der Waals surface area contributed by atoms with Crippen molar-refractivity contribution < 1.29 is 13.9 Å². The molecule has 0 unspecified atom stereocenters. The van der Waals surface area contributed by atoms with Gasteiger partial charge >= 0.3 is 0 Å². The molecule has 0 spiro atoms. The molecule has 0 aliphatic carbocycles. The van der Waals surface area contributed by atoms with Gasteiger partial charge in [-0.05, 0) is 42.8 Å². The summed E-state index contributed by atoms with van der Waals surface area (Å²) in [5.41, 5.74) is 1.32. The summed E-state index contributed by atoms with van der Waals surface area (Å²) in [7, 11) is 1.35. The number of methoxy groups -OCH3 is 1. The first-order chi connectivity index (χ1) is 12.5. The van der Waals surface area contributed by atoms with Crippen molar-refractivity contribution in [1.29, 1.82) is 0 Å². The van der Waals surface area contributed by atoms with Gasteiger partial charge in [0.15, 0.2) is 11.4 Å². The van der Waals surface area contributed by atoms with Gasteiger partial charge in [-0.1, -0.05) is 18.2 Å². The monoisotopic (exact) mass is 353 g/mol. The van der Waals surface area contributed by atoms with E-state index in [2.05, 4.69) is 10.4 Å². The Morgan fingerprint density at radius 1 is 1.15 bits per heavy atom. The van der Waals surface area contributed by atoms with E-state index < -0.39 is 17.3 Å². The van der Waals surface area contributed by atoms with E-state index in [-0.39, 0.29) is 11.4 Å². The fourth-order valence-electron chi connectivity index (χ4n) is 2.45. The van der Waals surface area contributed by atoms with Crippen LogP contribution in [0.5, 0.6) is 5.75 Å². The van der Waals surface area contributed by atoms with Gasteiger partial charge in [0.25, 0.3) is 11.5 Å². The van der Waals surface area contributed by atoms with Gasteiger partial charge in [-0.3, -0.25) is 9.59 Å². The van der Waals surface area contributed by atoms with Crippen LogP contribution in [0.3, 0.4) is 0 Å². The summed E-state index contributed by atoms with van der Waals surface area (Å²) >= 11 is 0. The number of hydrogen-bond donors (Lipinski definition) is 1. The van der Waals surface area contributed by atoms with Crippen LogP contribution < -0.4 is 15.6 Å². The molecule has 3 aromatic rings. The molecule has 0 fully saturated rings. The molecule has 6 nitrogen and oxygen atoms in total. The number of halogens is 1. The topological polar surface area (TPSA) is 73.2 Å². The molecule has 0 atom stereocenters. The zero-order chi connectivity index (χ0) is 18.7. The molecule has 0 aliphatic heterocycles. The van der Waals surface area contributed by atoms with Gasteiger partial charge in [-0.15, -0.1) is 0 Å². The van der Waals surface area contributed by atoms with Crippen molar-refractivity contribution in [3.63, 3.8) is 0 Å². The number of anilines is 1. The summed E-state index contributed by atoms with van der Waals surface area (Å²) in [6.45, 7) is 1.84. The first-order valence-corrected chi connectivity index (χ1v) is 7.81. The third-order valence-corrected chi connectivity index (χ3v) is 3.78. The van der Waals surface area contributed by atoms with E-state index in [1.807, 2.05) is 19.1 Å². The molecule has 1 amide bonds. The lowest BCUT2D eigenvalue weighted by molar-refractivity contribution is 0.101. The maximum absolute atomic E-state index is 13.0. The van der Waals surface area contributed by atoms with Crippen LogP contribution in [-0.4, -0.2) is 22.8 Å². The third kappa shape index (κ3) is 3.46. The molecule has 1 aromatic heterocycles. The predicted molar refractivity (Wildman–Crippen MR) is 95.5 cm³/mol. The summed E-state index contributed by atoms with van der Waals surface area (Å²) in [5.74, 6) is -0.929. The van der Waals surface area contributed by atoms with Crippen molar-refractivity contribution in [2.75, 3.05) is 12.4 Å². The molecule has 0 radical (unpaired) electrons. The average Bonchev–Trinajstić information content (AvgIpc) is 2.64. The van der Waals surface area contributed by atoms with Crippen LogP contribution in [0, 0.1) is 12.7 Å². The molecular formula is C19H16FN3O3. The number of aryl methyl sites for hydroxylation is 1. The molecule has 1 N–H and O–H groups in total. The van der Waals surface area contributed by atoms with E-state index in [1.54, 1.807) is 12.1 Å². The molecule has 132 valence electrons. The number of nitrogens with one attached hydrogen (secondary N) is 1.